The van der Waals surface area contributed by atoms with Crippen molar-refractivity contribution in [2.45, 2.75) is 123 Å². The molecule has 3 rings (SSSR count). The second-order valence-corrected chi connectivity index (χ2v) is 15.0. The number of carbonyl (C=O) groups is 3. The third-order valence-corrected chi connectivity index (χ3v) is 10.8. The highest BCUT2D eigenvalue weighted by molar-refractivity contribution is 6.34. The maximum absolute atomic E-state index is 14.1. The summed E-state index contributed by atoms with van der Waals surface area (Å²) in [5, 5.41) is 36.5. The van der Waals surface area contributed by atoms with Crippen LogP contribution in [0.1, 0.15) is 78.9 Å². The van der Waals surface area contributed by atoms with Crippen molar-refractivity contribution in [3.8, 4) is 0 Å². The predicted molar refractivity (Wildman–Crippen MR) is 192 cm³/mol. The van der Waals surface area contributed by atoms with Crippen LogP contribution < -0.4 is 10.2 Å². The Kier molecular flexibility index (Phi) is 14.1. The number of amides is 2. The molecule has 0 unspecified atom stereocenters. The van der Waals surface area contributed by atoms with Crippen LogP contribution in [-0.2, 0) is 36.8 Å². The highest BCUT2D eigenvalue weighted by atomic mass is 35.5. The first-order chi connectivity index (χ1) is 23.3. The first-order valence-corrected chi connectivity index (χ1v) is 17.5. The maximum atomic E-state index is 14.1. The number of rotatable bonds is 6. The molecule has 1 fully saturated rings. The molecule has 2 amide bonds. The Bertz CT molecular complexity index is 1450. The van der Waals surface area contributed by atoms with Gasteiger partial charge in [0, 0.05) is 38.0 Å². The molecule has 2 heterocycles. The minimum Gasteiger partial charge on any atom is -0.460 e. The van der Waals surface area contributed by atoms with Gasteiger partial charge in [-0.3, -0.25) is 19.8 Å². The van der Waals surface area contributed by atoms with Gasteiger partial charge < -0.3 is 34.4 Å². The number of nitrogens with zero attached hydrogens (tertiary/aromatic N) is 2. The second-order valence-electron chi connectivity index (χ2n) is 14.7. The van der Waals surface area contributed by atoms with E-state index < -0.39 is 65.5 Å². The molecule has 50 heavy (non-hydrogen) atoms. The van der Waals surface area contributed by atoms with E-state index in [0.717, 1.165) is 11.1 Å². The second kappa shape index (κ2) is 17.0. The van der Waals surface area contributed by atoms with Crippen LogP contribution in [0.4, 0.5) is 10.5 Å². The van der Waals surface area contributed by atoms with Gasteiger partial charge in [-0.15, -0.1) is 0 Å². The zero-order chi connectivity index (χ0) is 37.7. The van der Waals surface area contributed by atoms with Crippen LogP contribution in [0, 0.1) is 11.3 Å². The number of likely N-dealkylation sites (N-methyl/N-ethyl adjacent to an activating group) is 1. The molecule has 0 saturated carbocycles. The molecule has 4 bridgehead atoms. The Hall–Kier alpha value is -3.00. The first-order valence-electron chi connectivity index (χ1n) is 17.1. The number of halogens is 1. The summed E-state index contributed by atoms with van der Waals surface area (Å²) in [5.41, 5.74) is -0.491. The third kappa shape index (κ3) is 9.45. The zero-order valence-electron chi connectivity index (χ0n) is 31.0. The highest BCUT2D eigenvalue weighted by Gasteiger charge is 2.51. The molecule has 1 saturated heterocycles. The molecule has 0 radical (unpaired) electrons. The van der Waals surface area contributed by atoms with Crippen LogP contribution >= 0.6 is 11.6 Å². The molecule has 7 atom stereocenters. The number of benzene rings is 1. The Morgan fingerprint density at radius 1 is 1.22 bits per heavy atom. The summed E-state index contributed by atoms with van der Waals surface area (Å²) < 4.78 is 17.4. The molecular weight excluding hydrogens is 666 g/mol. The van der Waals surface area contributed by atoms with E-state index in [2.05, 4.69) is 5.32 Å². The van der Waals surface area contributed by atoms with E-state index >= 15 is 0 Å². The van der Waals surface area contributed by atoms with Gasteiger partial charge in [-0.1, -0.05) is 62.2 Å². The number of hydrogen-bond acceptors (Lipinski definition) is 10. The molecule has 0 aliphatic carbocycles. The molecule has 13 heteroatoms. The lowest BCUT2D eigenvalue weighted by Gasteiger charge is -2.46. The van der Waals surface area contributed by atoms with E-state index in [1.165, 1.54) is 12.0 Å². The monoisotopic (exact) mass is 721 g/mol. The minimum absolute atomic E-state index is 0.0242. The van der Waals surface area contributed by atoms with Crippen LogP contribution in [-0.4, -0.2) is 102 Å². The summed E-state index contributed by atoms with van der Waals surface area (Å²) in [4.78, 5) is 43.7. The van der Waals surface area contributed by atoms with Crippen molar-refractivity contribution in [2.24, 2.45) is 11.3 Å². The standard InChI is InChI=1S/C37H56ClN3O9/c1-21(2)40(8)24(5)34(45)50-30-18-31(43)41(9)27-17-25(16-26(20-42)32(27)38)15-22(3)13-11-12-14-29(48-10)37(47)19-28(49-35(46)39-37)23(4)33(44)36(30,6)7/h11-13,16-17,21,23-24,28-30,33,42,44,47H,14-15,18-20H2,1-10H3,(H,39,46)/b12-11+,22-13-/t23-,24+,28+,29-,30+,33+,37+/m1/s1. The Labute approximate surface area is 301 Å². The van der Waals surface area contributed by atoms with Gasteiger partial charge in [0.1, 0.15) is 24.4 Å². The van der Waals surface area contributed by atoms with E-state index in [9.17, 15) is 29.7 Å². The van der Waals surface area contributed by atoms with Crippen molar-refractivity contribution in [1.82, 2.24) is 10.2 Å². The number of anilines is 1. The van der Waals surface area contributed by atoms with Crippen LogP contribution in [0.25, 0.3) is 0 Å². The summed E-state index contributed by atoms with van der Waals surface area (Å²) >= 11 is 6.72. The van der Waals surface area contributed by atoms with Gasteiger partial charge in [-0.05, 0) is 64.8 Å². The number of methoxy groups -OCH3 is 1. The molecule has 12 nitrogen and oxygen atoms in total. The number of carbonyl (C=O) groups excluding carboxylic acids is 3. The molecular formula is C37H56ClN3O9. The lowest BCUT2D eigenvalue weighted by atomic mass is 9.72. The van der Waals surface area contributed by atoms with Gasteiger partial charge in [0.15, 0.2) is 5.72 Å². The van der Waals surface area contributed by atoms with Crippen LogP contribution in [0.3, 0.4) is 0 Å². The Balaban J connectivity index is 2.17. The SMILES string of the molecule is CO[C@@H]1C/C=C/C=C(/C)Cc2cc(CO)c(Cl)c(c2)N(C)C(=O)C[C@H](OC(=O)[C@H](C)N(C)C(C)C)C(C)(C)[C@@H](O)[C@H](C)[C@@H]2C[C@@]1(O)NC(=O)O2. The number of aliphatic hydroxyl groups excluding tert-OH is 2. The van der Waals surface area contributed by atoms with Crippen molar-refractivity contribution < 1.29 is 43.9 Å². The average molecular weight is 722 g/mol. The third-order valence-electron chi connectivity index (χ3n) is 10.4. The predicted octanol–water partition coefficient (Wildman–Crippen LogP) is 4.50. The van der Waals surface area contributed by atoms with Crippen molar-refractivity contribution in [1.29, 1.82) is 0 Å². The topological polar surface area (TPSA) is 158 Å². The van der Waals surface area contributed by atoms with Crippen molar-refractivity contribution in [3.05, 3.63) is 52.1 Å². The summed E-state index contributed by atoms with van der Waals surface area (Å²) in [6.07, 6.45) is 0.754. The number of aliphatic hydroxyl groups is 3. The molecule has 2 aliphatic rings. The number of ether oxygens (including phenoxy) is 3. The zero-order valence-corrected chi connectivity index (χ0v) is 31.8. The van der Waals surface area contributed by atoms with E-state index in [1.807, 2.05) is 43.9 Å². The van der Waals surface area contributed by atoms with E-state index in [0.29, 0.717) is 17.7 Å². The quantitative estimate of drug-likeness (QED) is 0.309. The molecule has 280 valence electrons. The minimum atomic E-state index is -1.82. The molecule has 2 aliphatic heterocycles. The van der Waals surface area contributed by atoms with E-state index in [-0.39, 0.29) is 36.9 Å². The van der Waals surface area contributed by atoms with Crippen LogP contribution in [0.15, 0.2) is 35.9 Å². The van der Waals surface area contributed by atoms with Gasteiger partial charge >= 0.3 is 12.1 Å². The summed E-state index contributed by atoms with van der Waals surface area (Å²) in [7, 11) is 4.80. The number of nitrogens with one attached hydrogen (secondary N) is 1. The van der Waals surface area contributed by atoms with E-state index in [4.69, 9.17) is 25.8 Å². The number of fused-ring (bicyclic) bond motifs is 4. The lowest BCUT2D eigenvalue weighted by Crippen LogP contribution is -2.64. The van der Waals surface area contributed by atoms with Crippen LogP contribution in [0.2, 0.25) is 5.02 Å². The van der Waals surface area contributed by atoms with Crippen molar-refractivity contribution >= 4 is 35.3 Å². The molecule has 1 aromatic rings. The fourth-order valence-electron chi connectivity index (χ4n) is 6.55. The number of allylic oxidation sites excluding steroid dienone is 3. The van der Waals surface area contributed by atoms with Crippen molar-refractivity contribution in [3.63, 3.8) is 0 Å². The first kappa shape index (κ1) is 41.4. The van der Waals surface area contributed by atoms with Crippen LogP contribution in [0.5, 0.6) is 0 Å². The van der Waals surface area contributed by atoms with E-state index in [1.54, 1.807) is 53.9 Å². The van der Waals surface area contributed by atoms with Gasteiger partial charge in [-0.25, -0.2) is 4.79 Å². The maximum Gasteiger partial charge on any atom is 0.409 e. The average Bonchev–Trinajstić information content (AvgIpc) is 3.05. The fraction of sp³-hybridized carbons (Fsp3) is 0.649. The summed E-state index contributed by atoms with van der Waals surface area (Å²) in [6, 6.07) is 2.94. The molecule has 1 aromatic carbocycles. The molecule has 0 aromatic heterocycles. The summed E-state index contributed by atoms with van der Waals surface area (Å²) in [6.45, 7) is 12.3. The smallest absolute Gasteiger partial charge is 0.409 e. The number of alkyl carbamates (subject to hydrolysis) is 1. The van der Waals surface area contributed by atoms with Gasteiger partial charge in [-0.2, -0.15) is 0 Å². The fourth-order valence-corrected chi connectivity index (χ4v) is 6.85. The Morgan fingerprint density at radius 2 is 1.88 bits per heavy atom. The number of esters is 1. The largest absolute Gasteiger partial charge is 0.460 e. The molecule has 0 spiro atoms. The number of hydrogen-bond donors (Lipinski definition) is 4. The summed E-state index contributed by atoms with van der Waals surface area (Å²) in [5.74, 6) is -1.80. The molecule has 4 N–H and O–H groups in total. The van der Waals surface area contributed by atoms with Crippen molar-refractivity contribution in [2.75, 3.05) is 26.1 Å². The highest BCUT2D eigenvalue weighted by Crippen LogP contribution is 2.40. The lowest BCUT2D eigenvalue weighted by molar-refractivity contribution is -0.180. The Morgan fingerprint density at radius 3 is 2.48 bits per heavy atom. The normalized spacial score (nSPS) is 30.5. The van der Waals surface area contributed by atoms with Gasteiger partial charge in [0.2, 0.25) is 5.91 Å². The van der Waals surface area contributed by atoms with Gasteiger partial charge in [0.05, 0.1) is 29.8 Å². The van der Waals surface area contributed by atoms with Gasteiger partial charge in [0.25, 0.3) is 0 Å².